The molecule has 1 fully saturated rings. The van der Waals surface area contributed by atoms with Crippen molar-refractivity contribution in [2.24, 2.45) is 0 Å². The second-order valence-corrected chi connectivity index (χ2v) is 5.67. The summed E-state index contributed by atoms with van der Waals surface area (Å²) in [5, 5.41) is 3.30. The van der Waals surface area contributed by atoms with Gasteiger partial charge in [0.1, 0.15) is 0 Å². The summed E-state index contributed by atoms with van der Waals surface area (Å²) in [5.74, 6) is 0. The van der Waals surface area contributed by atoms with E-state index in [1.165, 1.54) is 6.07 Å². The van der Waals surface area contributed by atoms with Gasteiger partial charge in [0.25, 0.3) is 0 Å². The molecule has 0 radical (unpaired) electrons. The maximum atomic E-state index is 12.6. The maximum absolute atomic E-state index is 12.6. The number of benzene rings is 1. The Hall–Kier alpha value is -0.940. The molecule has 2 nitrogen and oxygen atoms in total. The highest BCUT2D eigenvalue weighted by atomic mass is 35.5. The van der Waals surface area contributed by atoms with Crippen molar-refractivity contribution in [2.75, 3.05) is 5.32 Å². The highest BCUT2D eigenvalue weighted by Gasteiger charge is 2.31. The molecule has 0 spiro atoms. The molecule has 1 saturated heterocycles. The third-order valence-corrected chi connectivity index (χ3v) is 3.67. The molecule has 20 heavy (non-hydrogen) atoms. The zero-order chi connectivity index (χ0) is 14.9. The minimum absolute atomic E-state index is 0.0895. The van der Waals surface area contributed by atoms with E-state index < -0.39 is 11.7 Å². The molecule has 2 atom stereocenters. The Morgan fingerprint density at radius 1 is 1.20 bits per heavy atom. The normalized spacial score (nSPS) is 27.4. The van der Waals surface area contributed by atoms with Gasteiger partial charge in [-0.1, -0.05) is 11.6 Å². The predicted octanol–water partition coefficient (Wildman–Crippen LogP) is 4.73. The lowest BCUT2D eigenvalue weighted by Crippen LogP contribution is -2.36. The van der Waals surface area contributed by atoms with Crippen LogP contribution < -0.4 is 5.32 Å². The maximum Gasteiger partial charge on any atom is 0.416 e. The van der Waals surface area contributed by atoms with Crippen LogP contribution in [0.4, 0.5) is 18.9 Å². The van der Waals surface area contributed by atoms with Gasteiger partial charge in [0.15, 0.2) is 0 Å². The molecule has 1 aliphatic rings. The average Bonchev–Trinajstić information content (AvgIpc) is 2.29. The molecule has 1 aliphatic heterocycles. The van der Waals surface area contributed by atoms with Crippen LogP contribution in [0.2, 0.25) is 5.02 Å². The number of ether oxygens (including phenoxy) is 1. The number of hydrogen-bond donors (Lipinski definition) is 1. The molecule has 1 aromatic rings. The van der Waals surface area contributed by atoms with Crippen molar-refractivity contribution in [3.05, 3.63) is 28.8 Å². The Balaban J connectivity index is 2.10. The van der Waals surface area contributed by atoms with E-state index in [1.54, 1.807) is 0 Å². The summed E-state index contributed by atoms with van der Waals surface area (Å²) in [5.41, 5.74) is -0.201. The van der Waals surface area contributed by atoms with E-state index in [0.717, 1.165) is 25.0 Å². The fourth-order valence-electron chi connectivity index (χ4n) is 2.55. The van der Waals surface area contributed by atoms with Crippen LogP contribution in [0, 0.1) is 0 Å². The Kier molecular flexibility index (Phi) is 4.49. The zero-order valence-corrected chi connectivity index (χ0v) is 12.1. The summed E-state index contributed by atoms with van der Waals surface area (Å²) in [6, 6.07) is 3.54. The lowest BCUT2D eigenvalue weighted by Gasteiger charge is -2.33. The molecule has 6 heteroatoms. The van der Waals surface area contributed by atoms with Gasteiger partial charge in [-0.2, -0.15) is 13.2 Å². The summed E-state index contributed by atoms with van der Waals surface area (Å²) >= 11 is 5.93. The van der Waals surface area contributed by atoms with E-state index in [-0.39, 0.29) is 23.3 Å². The Morgan fingerprint density at radius 3 is 2.30 bits per heavy atom. The molecular formula is C14H17ClF3NO. The van der Waals surface area contributed by atoms with Crippen LogP contribution >= 0.6 is 11.6 Å². The van der Waals surface area contributed by atoms with E-state index >= 15 is 0 Å². The van der Waals surface area contributed by atoms with Crippen molar-refractivity contribution in [1.29, 1.82) is 0 Å². The monoisotopic (exact) mass is 307 g/mol. The molecule has 112 valence electrons. The average molecular weight is 308 g/mol. The van der Waals surface area contributed by atoms with E-state index in [2.05, 4.69) is 5.32 Å². The number of anilines is 1. The van der Waals surface area contributed by atoms with Gasteiger partial charge in [0.2, 0.25) is 0 Å². The number of alkyl halides is 3. The molecule has 2 rings (SSSR count). The van der Waals surface area contributed by atoms with Crippen LogP contribution in [0.25, 0.3) is 0 Å². The van der Waals surface area contributed by atoms with Gasteiger partial charge < -0.3 is 10.1 Å². The predicted molar refractivity (Wildman–Crippen MR) is 73.1 cm³/mol. The zero-order valence-electron chi connectivity index (χ0n) is 11.3. The minimum Gasteiger partial charge on any atom is -0.381 e. The second kappa shape index (κ2) is 5.82. The molecule has 0 aliphatic carbocycles. The highest BCUT2D eigenvalue weighted by Crippen LogP contribution is 2.34. The summed E-state index contributed by atoms with van der Waals surface area (Å²) in [6.45, 7) is 3.97. The quantitative estimate of drug-likeness (QED) is 0.853. The lowest BCUT2D eigenvalue weighted by atomic mass is 9.99. The molecule has 1 N–H and O–H groups in total. The van der Waals surface area contributed by atoms with Crippen molar-refractivity contribution < 1.29 is 17.9 Å². The Morgan fingerprint density at radius 2 is 1.80 bits per heavy atom. The van der Waals surface area contributed by atoms with Crippen LogP contribution in [0.5, 0.6) is 0 Å². The first-order valence-electron chi connectivity index (χ1n) is 6.54. The molecule has 0 bridgehead atoms. The number of rotatable bonds is 2. The van der Waals surface area contributed by atoms with Crippen molar-refractivity contribution >= 4 is 17.3 Å². The van der Waals surface area contributed by atoms with Gasteiger partial charge in [-0.05, 0) is 44.9 Å². The van der Waals surface area contributed by atoms with Crippen LogP contribution in [0.15, 0.2) is 18.2 Å². The highest BCUT2D eigenvalue weighted by molar-refractivity contribution is 6.33. The Bertz CT molecular complexity index is 468. The van der Waals surface area contributed by atoms with Crippen LogP contribution in [-0.4, -0.2) is 18.2 Å². The van der Waals surface area contributed by atoms with Crippen LogP contribution in [0.1, 0.15) is 32.3 Å². The van der Waals surface area contributed by atoms with Gasteiger partial charge in [-0.3, -0.25) is 0 Å². The smallest absolute Gasteiger partial charge is 0.381 e. The van der Waals surface area contributed by atoms with E-state index in [0.29, 0.717) is 5.69 Å². The summed E-state index contributed by atoms with van der Waals surface area (Å²) in [7, 11) is 0. The first-order valence-corrected chi connectivity index (χ1v) is 6.92. The minimum atomic E-state index is -4.37. The van der Waals surface area contributed by atoms with Gasteiger partial charge in [-0.15, -0.1) is 0 Å². The standard InChI is InChI=1S/C14H17ClF3NO/c1-8-5-11(6-9(2)20-8)19-13-4-3-10(7-12(13)15)14(16,17)18/h3-4,7-9,11,19H,5-6H2,1-2H3. The summed E-state index contributed by atoms with van der Waals surface area (Å²) < 4.78 is 43.3. The van der Waals surface area contributed by atoms with Gasteiger partial charge in [-0.25, -0.2) is 0 Å². The Labute approximate surface area is 121 Å². The van der Waals surface area contributed by atoms with Crippen molar-refractivity contribution in [3.8, 4) is 0 Å². The molecule has 2 unspecified atom stereocenters. The number of nitrogens with one attached hydrogen (secondary N) is 1. The SMILES string of the molecule is CC1CC(Nc2ccc(C(F)(F)F)cc2Cl)CC(C)O1. The van der Waals surface area contributed by atoms with E-state index in [1.807, 2.05) is 13.8 Å². The third-order valence-electron chi connectivity index (χ3n) is 3.35. The van der Waals surface area contributed by atoms with Crippen molar-refractivity contribution in [2.45, 2.75) is 51.1 Å². The summed E-state index contributed by atoms with van der Waals surface area (Å²) in [6.07, 6.45) is -2.50. The van der Waals surface area contributed by atoms with E-state index in [4.69, 9.17) is 16.3 Å². The topological polar surface area (TPSA) is 21.3 Å². The van der Waals surface area contributed by atoms with Crippen LogP contribution in [-0.2, 0) is 10.9 Å². The molecule has 1 aromatic carbocycles. The van der Waals surface area contributed by atoms with E-state index in [9.17, 15) is 13.2 Å². The number of hydrogen-bond acceptors (Lipinski definition) is 2. The first-order chi connectivity index (χ1) is 9.25. The van der Waals surface area contributed by atoms with Crippen LogP contribution in [0.3, 0.4) is 0 Å². The van der Waals surface area contributed by atoms with Crippen molar-refractivity contribution in [1.82, 2.24) is 0 Å². The number of halogens is 4. The third kappa shape index (κ3) is 3.79. The summed E-state index contributed by atoms with van der Waals surface area (Å²) in [4.78, 5) is 0. The molecule has 0 amide bonds. The molecular weight excluding hydrogens is 291 g/mol. The molecule has 1 heterocycles. The lowest BCUT2D eigenvalue weighted by molar-refractivity contribution is -0.137. The second-order valence-electron chi connectivity index (χ2n) is 5.26. The fraction of sp³-hybridized carbons (Fsp3) is 0.571. The first kappa shape index (κ1) is 15.4. The van der Waals surface area contributed by atoms with Gasteiger partial charge >= 0.3 is 6.18 Å². The fourth-order valence-corrected chi connectivity index (χ4v) is 2.79. The van der Waals surface area contributed by atoms with Gasteiger partial charge in [0.05, 0.1) is 28.5 Å². The van der Waals surface area contributed by atoms with Gasteiger partial charge in [0, 0.05) is 6.04 Å². The largest absolute Gasteiger partial charge is 0.416 e. The van der Waals surface area contributed by atoms with Crippen molar-refractivity contribution in [3.63, 3.8) is 0 Å². The molecule has 0 aromatic heterocycles. The molecule has 0 saturated carbocycles.